The van der Waals surface area contributed by atoms with Gasteiger partial charge in [-0.3, -0.25) is 14.8 Å². The van der Waals surface area contributed by atoms with Crippen molar-refractivity contribution in [3.05, 3.63) is 46.8 Å². The van der Waals surface area contributed by atoms with Crippen LogP contribution in [0.15, 0.2) is 24.3 Å². The summed E-state index contributed by atoms with van der Waals surface area (Å²) >= 11 is 0. The molecule has 2 aromatic rings. The van der Waals surface area contributed by atoms with Crippen molar-refractivity contribution >= 4 is 11.6 Å². The van der Waals surface area contributed by atoms with Gasteiger partial charge in [-0.15, -0.1) is 0 Å². The van der Waals surface area contributed by atoms with E-state index in [1.807, 2.05) is 13.0 Å². The summed E-state index contributed by atoms with van der Waals surface area (Å²) < 4.78 is 5.39. The van der Waals surface area contributed by atoms with Gasteiger partial charge < -0.3 is 10.1 Å². The number of rotatable bonds is 5. The quantitative estimate of drug-likeness (QED) is 0.876. The van der Waals surface area contributed by atoms with Crippen LogP contribution in [-0.2, 0) is 11.3 Å². The topological polar surface area (TPSA) is 70.2 Å². The molecule has 134 valence electrons. The van der Waals surface area contributed by atoms with Crippen molar-refractivity contribution < 1.29 is 9.53 Å². The number of benzene rings is 1. The Hall–Kier alpha value is -2.18. The molecule has 3 rings (SSSR count). The number of aromatic nitrogens is 2. The summed E-state index contributed by atoms with van der Waals surface area (Å²) in [6, 6.07) is 8.03. The Morgan fingerprint density at radius 3 is 2.76 bits per heavy atom. The molecular formula is C19H26N4O2. The minimum absolute atomic E-state index is 0.185. The van der Waals surface area contributed by atoms with Gasteiger partial charge in [0.05, 0.1) is 13.2 Å². The van der Waals surface area contributed by atoms with E-state index in [1.165, 1.54) is 5.56 Å². The molecule has 0 unspecified atom stereocenters. The standard InChI is InChI=1S/C19H26N4O2/c1-13(2)16-11-18(22-21-16)19(24)20-17-10-15(5-4-14(17)3)12-23-6-8-25-9-7-23/h4-5,10-11,13H,6-9,12H2,1-3H3,(H,20,24)(H,21,22). The first-order valence-corrected chi connectivity index (χ1v) is 8.79. The van der Waals surface area contributed by atoms with Crippen LogP contribution in [0.2, 0.25) is 0 Å². The minimum atomic E-state index is -0.185. The molecule has 25 heavy (non-hydrogen) atoms. The molecular weight excluding hydrogens is 316 g/mol. The summed E-state index contributed by atoms with van der Waals surface area (Å²) in [4.78, 5) is 14.8. The number of nitrogens with one attached hydrogen (secondary N) is 2. The summed E-state index contributed by atoms with van der Waals surface area (Å²) in [7, 11) is 0. The fourth-order valence-corrected chi connectivity index (χ4v) is 2.85. The van der Waals surface area contributed by atoms with E-state index in [-0.39, 0.29) is 5.91 Å². The number of carbonyl (C=O) groups excluding carboxylic acids is 1. The normalized spacial score (nSPS) is 15.5. The maximum absolute atomic E-state index is 12.5. The van der Waals surface area contributed by atoms with Crippen LogP contribution < -0.4 is 5.32 Å². The average Bonchev–Trinajstić information content (AvgIpc) is 3.09. The van der Waals surface area contributed by atoms with Crippen molar-refractivity contribution in [1.29, 1.82) is 0 Å². The van der Waals surface area contributed by atoms with E-state index < -0.39 is 0 Å². The summed E-state index contributed by atoms with van der Waals surface area (Å²) in [6.45, 7) is 10.5. The number of carbonyl (C=O) groups is 1. The highest BCUT2D eigenvalue weighted by Crippen LogP contribution is 2.20. The SMILES string of the molecule is Cc1ccc(CN2CCOCC2)cc1NC(=O)c1cc(C(C)C)[nH]n1. The van der Waals surface area contributed by atoms with Crippen molar-refractivity contribution in [2.45, 2.75) is 33.2 Å². The Morgan fingerprint density at radius 2 is 2.08 bits per heavy atom. The number of morpholine rings is 1. The Balaban J connectivity index is 1.70. The molecule has 1 aliphatic rings. The van der Waals surface area contributed by atoms with Gasteiger partial charge in [0, 0.05) is 31.0 Å². The Morgan fingerprint density at radius 1 is 1.32 bits per heavy atom. The Bertz CT molecular complexity index is 733. The number of ether oxygens (including phenoxy) is 1. The number of hydrogen-bond donors (Lipinski definition) is 2. The zero-order valence-electron chi connectivity index (χ0n) is 15.1. The highest BCUT2D eigenvalue weighted by molar-refractivity contribution is 6.03. The predicted molar refractivity (Wildman–Crippen MR) is 97.9 cm³/mol. The van der Waals surface area contributed by atoms with Crippen molar-refractivity contribution in [3.8, 4) is 0 Å². The van der Waals surface area contributed by atoms with Crippen LogP contribution in [-0.4, -0.2) is 47.3 Å². The lowest BCUT2D eigenvalue weighted by molar-refractivity contribution is 0.0342. The lowest BCUT2D eigenvalue weighted by Gasteiger charge is -2.26. The van der Waals surface area contributed by atoms with Crippen LogP contribution in [0, 0.1) is 6.92 Å². The van der Waals surface area contributed by atoms with Gasteiger partial charge in [-0.25, -0.2) is 0 Å². The van der Waals surface area contributed by atoms with E-state index >= 15 is 0 Å². The number of nitrogens with zero attached hydrogens (tertiary/aromatic N) is 2. The van der Waals surface area contributed by atoms with Gasteiger partial charge in [0.25, 0.3) is 5.91 Å². The molecule has 0 radical (unpaired) electrons. The minimum Gasteiger partial charge on any atom is -0.379 e. The molecule has 2 heterocycles. The smallest absolute Gasteiger partial charge is 0.276 e. The van der Waals surface area contributed by atoms with Crippen LogP contribution >= 0.6 is 0 Å². The Labute approximate surface area is 148 Å². The molecule has 1 fully saturated rings. The molecule has 6 nitrogen and oxygen atoms in total. The number of hydrogen-bond acceptors (Lipinski definition) is 4. The first kappa shape index (κ1) is 17.6. The number of aromatic amines is 1. The van der Waals surface area contributed by atoms with Crippen molar-refractivity contribution in [2.24, 2.45) is 0 Å². The fraction of sp³-hybridized carbons (Fsp3) is 0.474. The number of H-pyrrole nitrogens is 1. The van der Waals surface area contributed by atoms with Crippen LogP contribution in [0.4, 0.5) is 5.69 Å². The second kappa shape index (κ2) is 7.80. The second-order valence-corrected chi connectivity index (χ2v) is 6.86. The molecule has 0 atom stereocenters. The van der Waals surface area contributed by atoms with Crippen LogP contribution in [0.1, 0.15) is 47.1 Å². The van der Waals surface area contributed by atoms with E-state index in [0.717, 1.165) is 49.8 Å². The first-order chi connectivity index (χ1) is 12.0. The third kappa shape index (κ3) is 4.46. The zero-order chi connectivity index (χ0) is 17.8. The van der Waals surface area contributed by atoms with Gasteiger partial charge in [0.15, 0.2) is 5.69 Å². The van der Waals surface area contributed by atoms with Gasteiger partial charge in [-0.2, -0.15) is 5.10 Å². The van der Waals surface area contributed by atoms with E-state index in [9.17, 15) is 4.79 Å². The van der Waals surface area contributed by atoms with Gasteiger partial charge in [0.1, 0.15) is 0 Å². The predicted octanol–water partition coefficient (Wildman–Crippen LogP) is 2.93. The molecule has 0 saturated carbocycles. The summed E-state index contributed by atoms with van der Waals surface area (Å²) in [5, 5.41) is 10.0. The van der Waals surface area contributed by atoms with E-state index in [1.54, 1.807) is 0 Å². The molecule has 0 bridgehead atoms. The van der Waals surface area contributed by atoms with Crippen molar-refractivity contribution in [3.63, 3.8) is 0 Å². The number of aryl methyl sites for hydroxylation is 1. The monoisotopic (exact) mass is 342 g/mol. The Kier molecular flexibility index (Phi) is 5.50. The molecule has 6 heteroatoms. The molecule has 1 amide bonds. The molecule has 1 saturated heterocycles. The zero-order valence-corrected chi connectivity index (χ0v) is 15.1. The van der Waals surface area contributed by atoms with E-state index in [2.05, 4.69) is 52.5 Å². The van der Waals surface area contributed by atoms with E-state index in [4.69, 9.17) is 4.74 Å². The lowest BCUT2D eigenvalue weighted by Crippen LogP contribution is -2.35. The lowest BCUT2D eigenvalue weighted by atomic mass is 10.1. The molecule has 0 aliphatic carbocycles. The highest BCUT2D eigenvalue weighted by atomic mass is 16.5. The molecule has 2 N–H and O–H groups in total. The van der Waals surface area contributed by atoms with Crippen LogP contribution in [0.3, 0.4) is 0 Å². The fourth-order valence-electron chi connectivity index (χ4n) is 2.85. The molecule has 1 aromatic carbocycles. The van der Waals surface area contributed by atoms with Gasteiger partial charge >= 0.3 is 0 Å². The van der Waals surface area contributed by atoms with Crippen molar-refractivity contribution in [2.75, 3.05) is 31.6 Å². The third-order valence-corrected chi connectivity index (χ3v) is 4.51. The summed E-state index contributed by atoms with van der Waals surface area (Å²) in [5.74, 6) is 0.127. The van der Waals surface area contributed by atoms with Gasteiger partial charge in [-0.05, 0) is 36.1 Å². The van der Waals surface area contributed by atoms with E-state index in [0.29, 0.717) is 11.6 Å². The van der Waals surface area contributed by atoms with Crippen LogP contribution in [0.5, 0.6) is 0 Å². The average molecular weight is 342 g/mol. The van der Waals surface area contributed by atoms with Crippen LogP contribution in [0.25, 0.3) is 0 Å². The van der Waals surface area contributed by atoms with Gasteiger partial charge in [-0.1, -0.05) is 26.0 Å². The highest BCUT2D eigenvalue weighted by Gasteiger charge is 2.15. The van der Waals surface area contributed by atoms with Crippen molar-refractivity contribution in [1.82, 2.24) is 15.1 Å². The number of anilines is 1. The maximum atomic E-state index is 12.5. The molecule has 1 aliphatic heterocycles. The number of amides is 1. The summed E-state index contributed by atoms with van der Waals surface area (Å²) in [6.07, 6.45) is 0. The largest absolute Gasteiger partial charge is 0.379 e. The van der Waals surface area contributed by atoms with Gasteiger partial charge in [0.2, 0.25) is 0 Å². The summed E-state index contributed by atoms with van der Waals surface area (Å²) in [5.41, 5.74) is 4.45. The molecule has 0 spiro atoms. The first-order valence-electron chi connectivity index (χ1n) is 8.79. The maximum Gasteiger partial charge on any atom is 0.276 e. The third-order valence-electron chi connectivity index (χ3n) is 4.51. The second-order valence-electron chi connectivity index (χ2n) is 6.86. The molecule has 1 aromatic heterocycles.